The smallest absolute Gasteiger partial charge is 0.311 e. The molecule has 0 aromatic carbocycles. The van der Waals surface area contributed by atoms with Gasteiger partial charge in [-0.3, -0.25) is 4.79 Å². The fourth-order valence-corrected chi connectivity index (χ4v) is 7.36. The Kier molecular flexibility index (Phi) is 23.2. The lowest BCUT2D eigenvalue weighted by molar-refractivity contribution is -0.243. The summed E-state index contributed by atoms with van der Waals surface area (Å²) in [5.74, 6) is -0.425. The quantitative estimate of drug-likeness (QED) is 0.147. The minimum atomic E-state index is -1.13. The SMILES string of the molecule is CCC(OC(=O)C(C)C(O)C(C)[C@@H](OC1CC(N(C)C)CC(C)O1)C(C)CC(C)N)[C@@](C)(O)CC(C)C.CCC1CCOC(C)C1.CO. The molecule has 2 rings (SSSR count). The normalized spacial score (nSPS) is 28.7. The van der Waals surface area contributed by atoms with Crippen LogP contribution in [0.15, 0.2) is 0 Å². The fourth-order valence-electron chi connectivity index (χ4n) is 7.36. The van der Waals surface area contributed by atoms with E-state index in [4.69, 9.17) is 29.8 Å². The summed E-state index contributed by atoms with van der Waals surface area (Å²) in [5, 5.41) is 29.3. The lowest BCUT2D eigenvalue weighted by atomic mass is 9.82. The zero-order chi connectivity index (χ0) is 37.4. The van der Waals surface area contributed by atoms with Crippen LogP contribution in [-0.4, -0.2) is 108 Å². The van der Waals surface area contributed by atoms with Crippen LogP contribution in [0.25, 0.3) is 0 Å². The fraction of sp³-hybridized carbons (Fsp3) is 0.974. The predicted molar refractivity (Wildman–Crippen MR) is 195 cm³/mol. The monoisotopic (exact) mass is 691 g/mol. The standard InChI is InChI=1S/C29H58N2O6.C8H16O.CH4O/c1-12-24(29(9,34)16-17(2)3)36-28(33)22(8)26(32)21(7)27(18(4)13-19(5)30)37-25-15-23(31(10)11)14-20(6)35-25;1-3-8-4-5-9-7(2)6-8;1-2/h17-27,32,34H,12-16,30H2,1-11H3;7-8H,3-6H2,1-2H3;2H,1H3/t18?,19?,20?,21?,22?,23?,24?,25?,26?,27-,29-;;/m0../s1. The number of aliphatic hydroxyl groups excluding tert-OH is 2. The number of carbonyl (C=O) groups excluding carboxylic acids is 1. The van der Waals surface area contributed by atoms with Gasteiger partial charge in [0.25, 0.3) is 0 Å². The minimum absolute atomic E-state index is 0.0259. The zero-order valence-electron chi connectivity index (χ0n) is 33.3. The number of aliphatic hydroxyl groups is 3. The Hall–Kier alpha value is -0.850. The molecule has 0 aromatic rings. The summed E-state index contributed by atoms with van der Waals surface area (Å²) in [4.78, 5) is 15.3. The van der Waals surface area contributed by atoms with Gasteiger partial charge in [0.15, 0.2) is 6.29 Å². The Bertz CT molecular complexity index is 842. The van der Waals surface area contributed by atoms with E-state index in [0.717, 1.165) is 38.9 Å². The van der Waals surface area contributed by atoms with E-state index in [9.17, 15) is 15.0 Å². The molecule has 0 saturated carbocycles. The van der Waals surface area contributed by atoms with Crippen LogP contribution in [0.2, 0.25) is 0 Å². The summed E-state index contributed by atoms with van der Waals surface area (Å²) < 4.78 is 23.9. The molecule has 11 unspecified atom stereocenters. The van der Waals surface area contributed by atoms with Crippen molar-refractivity contribution in [3.8, 4) is 0 Å². The largest absolute Gasteiger partial charge is 0.459 e. The molecule has 2 aliphatic heterocycles. The van der Waals surface area contributed by atoms with Crippen LogP contribution < -0.4 is 5.73 Å². The molecular weight excluding hydrogens is 612 g/mol. The summed E-state index contributed by atoms with van der Waals surface area (Å²) >= 11 is 0. The maximum absolute atomic E-state index is 13.1. The van der Waals surface area contributed by atoms with Crippen molar-refractivity contribution in [2.75, 3.05) is 27.8 Å². The van der Waals surface area contributed by atoms with E-state index in [0.29, 0.717) is 25.0 Å². The highest BCUT2D eigenvalue weighted by atomic mass is 16.7. The Morgan fingerprint density at radius 3 is 2.08 bits per heavy atom. The van der Waals surface area contributed by atoms with Crippen molar-refractivity contribution in [1.82, 2.24) is 4.90 Å². The van der Waals surface area contributed by atoms with Gasteiger partial charge in [-0.2, -0.15) is 0 Å². The van der Waals surface area contributed by atoms with E-state index in [1.807, 2.05) is 34.6 Å². The molecule has 0 aromatic heterocycles. The molecule has 0 aliphatic carbocycles. The van der Waals surface area contributed by atoms with Gasteiger partial charge in [0.1, 0.15) is 6.10 Å². The molecule has 48 heavy (non-hydrogen) atoms. The molecule has 10 heteroatoms. The van der Waals surface area contributed by atoms with Gasteiger partial charge in [-0.05, 0) is 105 Å². The van der Waals surface area contributed by atoms with Crippen LogP contribution in [0.1, 0.15) is 128 Å². The molecule has 5 N–H and O–H groups in total. The second kappa shape index (κ2) is 23.6. The third-order valence-corrected chi connectivity index (χ3v) is 10.1. The topological polar surface area (TPSA) is 144 Å². The Balaban J connectivity index is 0.00000170. The summed E-state index contributed by atoms with van der Waals surface area (Å²) in [6.07, 6.45) is 5.47. The number of nitrogens with zero attached hydrogens (tertiary/aromatic N) is 1. The number of rotatable bonds is 16. The minimum Gasteiger partial charge on any atom is -0.459 e. The van der Waals surface area contributed by atoms with E-state index >= 15 is 0 Å². The third kappa shape index (κ3) is 16.9. The van der Waals surface area contributed by atoms with Crippen LogP contribution >= 0.6 is 0 Å². The summed E-state index contributed by atoms with van der Waals surface area (Å²) in [7, 11) is 5.13. The van der Waals surface area contributed by atoms with Crippen molar-refractivity contribution in [2.24, 2.45) is 35.3 Å². The molecule has 2 heterocycles. The summed E-state index contributed by atoms with van der Waals surface area (Å²) in [5.41, 5.74) is 4.99. The highest BCUT2D eigenvalue weighted by Gasteiger charge is 2.41. The lowest BCUT2D eigenvalue weighted by Gasteiger charge is -2.42. The van der Waals surface area contributed by atoms with Crippen molar-refractivity contribution < 1.29 is 39.1 Å². The van der Waals surface area contributed by atoms with Gasteiger partial charge in [0.2, 0.25) is 0 Å². The number of nitrogens with two attached hydrogens (primary N) is 1. The molecule has 288 valence electrons. The molecule has 2 aliphatic rings. The first-order valence-corrected chi connectivity index (χ1v) is 18.7. The molecule has 10 nitrogen and oxygen atoms in total. The number of hydrogen-bond donors (Lipinski definition) is 4. The van der Waals surface area contributed by atoms with Crippen molar-refractivity contribution in [2.45, 2.75) is 182 Å². The van der Waals surface area contributed by atoms with E-state index < -0.39 is 36.0 Å². The second-order valence-corrected chi connectivity index (χ2v) is 15.7. The predicted octanol–water partition coefficient (Wildman–Crippen LogP) is 5.77. The maximum Gasteiger partial charge on any atom is 0.311 e. The second-order valence-electron chi connectivity index (χ2n) is 15.7. The van der Waals surface area contributed by atoms with Gasteiger partial charge in [-0.1, -0.05) is 48.0 Å². The van der Waals surface area contributed by atoms with E-state index in [2.05, 4.69) is 46.7 Å². The van der Waals surface area contributed by atoms with Gasteiger partial charge in [-0.25, -0.2) is 0 Å². The number of hydrogen-bond acceptors (Lipinski definition) is 10. The van der Waals surface area contributed by atoms with Crippen LogP contribution in [0, 0.1) is 29.6 Å². The number of esters is 1. The third-order valence-electron chi connectivity index (χ3n) is 10.1. The van der Waals surface area contributed by atoms with Crippen molar-refractivity contribution in [3.05, 3.63) is 0 Å². The van der Waals surface area contributed by atoms with Gasteiger partial charge >= 0.3 is 5.97 Å². The highest BCUT2D eigenvalue weighted by molar-refractivity contribution is 5.73. The van der Waals surface area contributed by atoms with Crippen LogP contribution in [-0.2, 0) is 23.7 Å². The average Bonchev–Trinajstić information content (AvgIpc) is 3.01. The van der Waals surface area contributed by atoms with Gasteiger partial charge in [0, 0.05) is 38.1 Å². The zero-order valence-corrected chi connectivity index (χ0v) is 33.3. The molecular formula is C38H78N2O8. The first-order valence-electron chi connectivity index (χ1n) is 18.7. The van der Waals surface area contributed by atoms with Crippen LogP contribution in [0.5, 0.6) is 0 Å². The molecule has 0 bridgehead atoms. The summed E-state index contributed by atoms with van der Waals surface area (Å²) in [6, 6.07) is 0.318. The van der Waals surface area contributed by atoms with Gasteiger partial charge in [0.05, 0.1) is 35.9 Å². The van der Waals surface area contributed by atoms with Crippen molar-refractivity contribution in [1.29, 1.82) is 0 Å². The van der Waals surface area contributed by atoms with Crippen molar-refractivity contribution >= 4 is 5.97 Å². The molecule has 2 fully saturated rings. The van der Waals surface area contributed by atoms with Crippen LogP contribution in [0.4, 0.5) is 0 Å². The molecule has 0 amide bonds. The van der Waals surface area contributed by atoms with E-state index in [1.54, 1.807) is 13.8 Å². The van der Waals surface area contributed by atoms with Gasteiger partial charge in [-0.15, -0.1) is 0 Å². The molecule has 0 radical (unpaired) electrons. The Morgan fingerprint density at radius 1 is 1.02 bits per heavy atom. The maximum atomic E-state index is 13.1. The number of ether oxygens (including phenoxy) is 4. The van der Waals surface area contributed by atoms with E-state index in [1.165, 1.54) is 19.3 Å². The first-order chi connectivity index (χ1) is 22.3. The Morgan fingerprint density at radius 2 is 1.62 bits per heavy atom. The molecule has 0 spiro atoms. The average molecular weight is 691 g/mol. The molecule has 13 atom stereocenters. The highest BCUT2D eigenvalue weighted by Crippen LogP contribution is 2.33. The lowest BCUT2D eigenvalue weighted by Crippen LogP contribution is -2.49. The van der Waals surface area contributed by atoms with Crippen molar-refractivity contribution in [3.63, 3.8) is 0 Å². The number of carbonyl (C=O) groups is 1. The van der Waals surface area contributed by atoms with Crippen LogP contribution in [0.3, 0.4) is 0 Å². The van der Waals surface area contributed by atoms with Gasteiger partial charge < -0.3 is 44.9 Å². The molecule has 2 saturated heterocycles. The first kappa shape index (κ1) is 47.1. The summed E-state index contributed by atoms with van der Waals surface area (Å²) in [6.45, 7) is 22.8. The van der Waals surface area contributed by atoms with E-state index in [-0.39, 0.29) is 36.0 Å². The Labute approximate surface area is 294 Å².